The van der Waals surface area contributed by atoms with Gasteiger partial charge in [0.25, 0.3) is 0 Å². The van der Waals surface area contributed by atoms with E-state index in [-0.39, 0.29) is 17.6 Å². The fraction of sp³-hybridized carbons (Fsp3) is 0.415. The first-order chi connectivity index (χ1) is 24.8. The molecular formula is C41H53N7O3. The molecule has 1 aromatic carbocycles. The van der Waals surface area contributed by atoms with Gasteiger partial charge < -0.3 is 36.9 Å². The highest BCUT2D eigenvalue weighted by atomic mass is 16.5. The van der Waals surface area contributed by atoms with Crippen LogP contribution in [0.3, 0.4) is 0 Å². The maximum atomic E-state index is 12.5. The van der Waals surface area contributed by atoms with Crippen LogP contribution < -0.4 is 36.9 Å². The minimum atomic E-state index is -0.0627. The molecule has 1 aromatic heterocycles. The molecule has 10 heteroatoms. The molecule has 4 aliphatic rings. The maximum absolute atomic E-state index is 12.5. The second-order valence-electron chi connectivity index (χ2n) is 14.0. The summed E-state index contributed by atoms with van der Waals surface area (Å²) < 4.78 is 11.9. The van der Waals surface area contributed by atoms with Crippen LogP contribution in [-0.2, 0) is 11.3 Å². The number of amides is 1. The molecule has 0 bridgehead atoms. The lowest BCUT2D eigenvalue weighted by molar-refractivity contribution is -0.121. The van der Waals surface area contributed by atoms with Crippen LogP contribution in [-0.4, -0.2) is 49.1 Å². The largest absolute Gasteiger partial charge is 0.494 e. The van der Waals surface area contributed by atoms with Crippen LogP contribution in [0.25, 0.3) is 5.57 Å². The first-order valence-corrected chi connectivity index (χ1v) is 18.3. The molecule has 2 aromatic rings. The van der Waals surface area contributed by atoms with E-state index in [9.17, 15) is 4.79 Å². The van der Waals surface area contributed by atoms with E-state index < -0.39 is 0 Å². The zero-order valence-electron chi connectivity index (χ0n) is 30.4. The number of hydrogen-bond acceptors (Lipinski definition) is 9. The third kappa shape index (κ3) is 9.64. The van der Waals surface area contributed by atoms with E-state index >= 15 is 0 Å². The summed E-state index contributed by atoms with van der Waals surface area (Å²) in [6, 6.07) is 10.1. The smallest absolute Gasteiger partial charge is 0.228 e. The molecule has 10 nitrogen and oxygen atoms in total. The Morgan fingerprint density at radius 1 is 1.06 bits per heavy atom. The number of para-hydroxylation sites is 1. The first-order valence-electron chi connectivity index (χ1n) is 18.3. The first kappa shape index (κ1) is 35.9. The number of nitrogens with zero attached hydrogens (tertiary/aromatic N) is 2. The zero-order chi connectivity index (χ0) is 35.9. The van der Waals surface area contributed by atoms with E-state index in [1.54, 1.807) is 13.2 Å². The van der Waals surface area contributed by atoms with Crippen LogP contribution >= 0.6 is 0 Å². The Morgan fingerprint density at radius 3 is 2.47 bits per heavy atom. The van der Waals surface area contributed by atoms with Gasteiger partial charge in [-0.3, -0.25) is 14.7 Å². The lowest BCUT2D eigenvalue weighted by Crippen LogP contribution is -2.46. The lowest BCUT2D eigenvalue weighted by Gasteiger charge is -2.39. The number of anilines is 1. The number of nitrogens with one attached hydrogen (secondary N) is 3. The SMILES string of the molecule is CC/C=C/C(=C\C=C(/C)C1CN(Cc2ccc(OC3CC3)cn2)C1)c1cccc(NC(/C=C(\N)NC(=O)C2CC2)=C(/N)C(NC)=C2CC2)c1OC. The van der Waals surface area contributed by atoms with Gasteiger partial charge in [-0.05, 0) is 81.2 Å². The lowest BCUT2D eigenvalue weighted by atomic mass is 9.91. The quantitative estimate of drug-likeness (QED) is 0.122. The Labute approximate surface area is 302 Å². The summed E-state index contributed by atoms with van der Waals surface area (Å²) in [5.74, 6) is 2.23. The predicted molar refractivity (Wildman–Crippen MR) is 204 cm³/mol. The second kappa shape index (κ2) is 16.4. The van der Waals surface area contributed by atoms with Gasteiger partial charge in [0.15, 0.2) is 0 Å². The van der Waals surface area contributed by atoms with Gasteiger partial charge in [-0.2, -0.15) is 0 Å². The number of carbonyl (C=O) groups excluding carboxylic acids is 1. The van der Waals surface area contributed by atoms with Crippen molar-refractivity contribution in [3.63, 3.8) is 0 Å². The van der Waals surface area contributed by atoms with Crippen LogP contribution in [0.5, 0.6) is 11.5 Å². The molecule has 0 unspecified atom stereocenters. The van der Waals surface area contributed by atoms with Crippen molar-refractivity contribution >= 4 is 17.2 Å². The van der Waals surface area contributed by atoms with E-state index in [2.05, 4.69) is 76.1 Å². The third-order valence-corrected chi connectivity index (χ3v) is 9.65. The van der Waals surface area contributed by atoms with E-state index in [1.807, 2.05) is 31.4 Å². The fourth-order valence-corrected chi connectivity index (χ4v) is 6.15. The number of ether oxygens (including phenoxy) is 2. The number of benzene rings is 1. The number of carbonyl (C=O) groups is 1. The van der Waals surface area contributed by atoms with Crippen LogP contribution in [0.15, 0.2) is 101 Å². The van der Waals surface area contributed by atoms with Gasteiger partial charge in [0.2, 0.25) is 5.91 Å². The molecule has 51 heavy (non-hydrogen) atoms. The van der Waals surface area contributed by atoms with Crippen molar-refractivity contribution in [2.24, 2.45) is 23.3 Å². The Kier molecular flexibility index (Phi) is 11.5. The van der Waals surface area contributed by atoms with Crippen molar-refractivity contribution in [2.45, 2.75) is 71.4 Å². The molecule has 1 saturated heterocycles. The molecule has 0 spiro atoms. The van der Waals surface area contributed by atoms with Crippen LogP contribution in [0.1, 0.15) is 70.1 Å². The van der Waals surface area contributed by atoms with Crippen molar-refractivity contribution in [3.8, 4) is 11.5 Å². The van der Waals surface area contributed by atoms with Crippen LogP contribution in [0.4, 0.5) is 5.69 Å². The van der Waals surface area contributed by atoms with E-state index in [0.29, 0.717) is 29.2 Å². The van der Waals surface area contributed by atoms with E-state index in [1.165, 1.54) is 11.1 Å². The molecule has 1 aliphatic heterocycles. The van der Waals surface area contributed by atoms with E-state index in [0.717, 1.165) is 98.5 Å². The summed E-state index contributed by atoms with van der Waals surface area (Å²) in [5.41, 5.74) is 21.4. The summed E-state index contributed by atoms with van der Waals surface area (Å²) >= 11 is 0. The minimum Gasteiger partial charge on any atom is -0.494 e. The molecule has 3 saturated carbocycles. The normalized spacial score (nSPS) is 19.0. The average molecular weight is 692 g/mol. The summed E-state index contributed by atoms with van der Waals surface area (Å²) in [6.45, 7) is 7.18. The molecule has 1 amide bonds. The molecule has 2 heterocycles. The van der Waals surface area contributed by atoms with Gasteiger partial charge in [0, 0.05) is 50.2 Å². The average Bonchev–Trinajstić information content (AvgIpc) is 3.94. The summed E-state index contributed by atoms with van der Waals surface area (Å²) in [7, 11) is 3.54. The molecule has 0 atom stereocenters. The van der Waals surface area contributed by atoms with Crippen molar-refractivity contribution < 1.29 is 14.3 Å². The summed E-state index contributed by atoms with van der Waals surface area (Å²) in [5, 5.41) is 9.59. The van der Waals surface area contributed by atoms with Crippen molar-refractivity contribution in [3.05, 3.63) is 112 Å². The van der Waals surface area contributed by atoms with E-state index in [4.69, 9.17) is 20.9 Å². The Morgan fingerprint density at radius 2 is 1.84 bits per heavy atom. The monoisotopic (exact) mass is 691 g/mol. The summed E-state index contributed by atoms with van der Waals surface area (Å²) in [6.07, 6.45) is 19.6. The third-order valence-electron chi connectivity index (χ3n) is 9.65. The molecule has 0 radical (unpaired) electrons. The Hall–Kier alpha value is -4.96. The number of likely N-dealkylation sites (N-methyl/N-ethyl adjacent to an activating group) is 1. The van der Waals surface area contributed by atoms with Gasteiger partial charge in [0.1, 0.15) is 17.3 Å². The zero-order valence-corrected chi connectivity index (χ0v) is 30.4. The number of allylic oxidation sites excluding steroid dienone is 7. The molecule has 6 rings (SSSR count). The number of likely N-dealkylation sites (tertiary alicyclic amines) is 1. The van der Waals surface area contributed by atoms with Crippen LogP contribution in [0.2, 0.25) is 0 Å². The van der Waals surface area contributed by atoms with Crippen molar-refractivity contribution in [1.29, 1.82) is 0 Å². The number of aromatic nitrogens is 1. The summed E-state index contributed by atoms with van der Waals surface area (Å²) in [4.78, 5) is 19.5. The van der Waals surface area contributed by atoms with Gasteiger partial charge in [-0.15, -0.1) is 0 Å². The van der Waals surface area contributed by atoms with Crippen molar-refractivity contribution in [1.82, 2.24) is 20.5 Å². The topological polar surface area (TPSA) is 140 Å². The van der Waals surface area contributed by atoms with Gasteiger partial charge >= 0.3 is 0 Å². The highest BCUT2D eigenvalue weighted by Crippen LogP contribution is 2.38. The minimum absolute atomic E-state index is 0.0301. The molecule has 270 valence electrons. The van der Waals surface area contributed by atoms with Gasteiger partial charge in [0.05, 0.1) is 47.9 Å². The highest BCUT2D eigenvalue weighted by Gasteiger charge is 2.30. The van der Waals surface area contributed by atoms with Crippen molar-refractivity contribution in [2.75, 3.05) is 32.6 Å². The van der Waals surface area contributed by atoms with Gasteiger partial charge in [-0.1, -0.05) is 48.9 Å². The molecule has 7 N–H and O–H groups in total. The molecule has 4 fully saturated rings. The molecular weight excluding hydrogens is 638 g/mol. The Bertz CT molecular complexity index is 1770. The number of rotatable bonds is 17. The predicted octanol–water partition coefficient (Wildman–Crippen LogP) is 6.24. The Balaban J connectivity index is 1.20. The standard InChI is InChI=1S/C41H53N7O3/c1-5-6-8-27(12-11-26(2)30-23-48(24-30)25-31-17-18-33(22-45-31)51-32-19-20-32)34-9-7-10-35(40(34)50-4)46-36(38(43)39(44-3)28-13-14-28)21-37(42)47-41(49)29-15-16-29/h6-12,17-18,21-22,29-30,32,44,46H,5,13-16,19-20,23-25,42-43H2,1-4H3,(H,47,49)/b8-6+,26-11+,27-12+,37-21+,38-36+. The highest BCUT2D eigenvalue weighted by molar-refractivity contribution is 5.84. The number of pyridine rings is 1. The van der Waals surface area contributed by atoms with Crippen LogP contribution in [0, 0.1) is 11.8 Å². The number of hydrogen-bond donors (Lipinski definition) is 5. The number of nitrogens with two attached hydrogens (primary N) is 2. The maximum Gasteiger partial charge on any atom is 0.228 e. The van der Waals surface area contributed by atoms with Gasteiger partial charge in [-0.25, -0.2) is 0 Å². The fourth-order valence-electron chi connectivity index (χ4n) is 6.15. The number of methoxy groups -OCH3 is 1. The molecule has 3 aliphatic carbocycles. The second-order valence-corrected chi connectivity index (χ2v) is 14.0.